The summed E-state index contributed by atoms with van der Waals surface area (Å²) in [5, 5.41) is 6.86. The highest BCUT2D eigenvalue weighted by molar-refractivity contribution is 6.11. The maximum atomic E-state index is 14.6. The van der Waals surface area contributed by atoms with E-state index in [9.17, 15) is 18.0 Å². The molecule has 0 radical (unpaired) electrons. The molecule has 1 aliphatic heterocycles. The summed E-state index contributed by atoms with van der Waals surface area (Å²) in [6.07, 6.45) is 5.62. The topological polar surface area (TPSA) is 75.4 Å². The van der Waals surface area contributed by atoms with Crippen LogP contribution in [-0.2, 0) is 0 Å². The summed E-state index contributed by atoms with van der Waals surface area (Å²) in [6, 6.07) is 9.26. The fraction of sp³-hybridized carbons (Fsp3) is 0.182. The summed E-state index contributed by atoms with van der Waals surface area (Å²) in [7, 11) is 0. The molecule has 32 heavy (non-hydrogen) atoms. The molecule has 1 saturated heterocycles. The number of alkyl halides is 2. The van der Waals surface area contributed by atoms with Crippen molar-refractivity contribution in [1.82, 2.24) is 19.6 Å². The minimum Gasteiger partial charge on any atom is -0.349 e. The second kappa shape index (κ2) is 7.63. The molecule has 1 N–H and O–H groups in total. The lowest BCUT2D eigenvalue weighted by Crippen LogP contribution is -2.27. The molecule has 1 aromatic carbocycles. The Balaban J connectivity index is 1.61. The molecule has 4 aromatic rings. The average molecular weight is 438 g/mol. The van der Waals surface area contributed by atoms with E-state index in [4.69, 9.17) is 0 Å². The van der Waals surface area contributed by atoms with Gasteiger partial charge in [0, 0.05) is 42.7 Å². The lowest BCUT2D eigenvalue weighted by atomic mass is 10.0. The summed E-state index contributed by atoms with van der Waals surface area (Å²) >= 11 is 0. The molecule has 10 heteroatoms. The predicted octanol–water partition coefficient (Wildman–Crippen LogP) is 4.03. The van der Waals surface area contributed by atoms with Crippen LogP contribution in [0.5, 0.6) is 0 Å². The van der Waals surface area contributed by atoms with E-state index >= 15 is 0 Å². The first kappa shape index (κ1) is 20.0. The van der Waals surface area contributed by atoms with E-state index in [-0.39, 0.29) is 35.6 Å². The number of halogens is 3. The number of carbonyl (C=O) groups is 1. The van der Waals surface area contributed by atoms with Crippen molar-refractivity contribution in [2.24, 2.45) is 0 Å². The fourth-order valence-electron chi connectivity index (χ4n) is 3.80. The van der Waals surface area contributed by atoms with E-state index < -0.39 is 24.2 Å². The van der Waals surface area contributed by atoms with Gasteiger partial charge in [0.2, 0.25) is 0 Å². The second-order valence-electron chi connectivity index (χ2n) is 7.46. The summed E-state index contributed by atoms with van der Waals surface area (Å²) in [4.78, 5) is 23.0. The summed E-state index contributed by atoms with van der Waals surface area (Å²) in [6.45, 7) is -0.482. The third kappa shape index (κ3) is 3.53. The zero-order valence-corrected chi connectivity index (χ0v) is 16.7. The molecule has 3 aromatic heterocycles. The monoisotopic (exact) mass is 438 g/mol. The lowest BCUT2D eigenvalue weighted by Gasteiger charge is -2.23. The molecule has 1 amide bonds. The van der Waals surface area contributed by atoms with Crippen LogP contribution in [0.15, 0.2) is 61.2 Å². The van der Waals surface area contributed by atoms with Crippen LogP contribution in [0.3, 0.4) is 0 Å². The number of amides is 1. The Morgan fingerprint density at radius 1 is 1.06 bits per heavy atom. The van der Waals surface area contributed by atoms with Crippen LogP contribution in [0, 0.1) is 5.82 Å². The lowest BCUT2D eigenvalue weighted by molar-refractivity contribution is 0.0257. The van der Waals surface area contributed by atoms with Gasteiger partial charge >= 0.3 is 0 Å². The molecule has 1 aliphatic rings. The average Bonchev–Trinajstić information content (AvgIpc) is 3.37. The molecule has 0 unspecified atom stereocenters. The van der Waals surface area contributed by atoms with E-state index in [1.165, 1.54) is 34.1 Å². The first-order valence-corrected chi connectivity index (χ1v) is 9.89. The van der Waals surface area contributed by atoms with Crippen molar-refractivity contribution in [3.05, 3.63) is 72.6 Å². The van der Waals surface area contributed by atoms with Gasteiger partial charge in [-0.25, -0.2) is 27.7 Å². The maximum Gasteiger partial charge on any atom is 0.266 e. The Hall–Kier alpha value is -3.95. The number of nitrogens with one attached hydrogen (secondary N) is 1. The molecule has 162 valence electrons. The normalized spacial score (nSPS) is 15.3. The molecule has 7 nitrogen and oxygen atoms in total. The van der Waals surface area contributed by atoms with Gasteiger partial charge in [-0.1, -0.05) is 18.2 Å². The molecule has 0 bridgehead atoms. The number of pyridine rings is 1. The molecular formula is C22H17F3N6O. The number of rotatable bonds is 4. The second-order valence-corrected chi connectivity index (χ2v) is 7.46. The van der Waals surface area contributed by atoms with Gasteiger partial charge in [-0.3, -0.25) is 4.79 Å². The third-order valence-electron chi connectivity index (χ3n) is 5.33. The highest BCUT2D eigenvalue weighted by Gasteiger charge is 2.40. The van der Waals surface area contributed by atoms with Gasteiger partial charge in [-0.2, -0.15) is 5.10 Å². The third-order valence-corrected chi connectivity index (χ3v) is 5.33. The summed E-state index contributed by atoms with van der Waals surface area (Å²) < 4.78 is 43.9. The van der Waals surface area contributed by atoms with Gasteiger partial charge in [0.05, 0.1) is 18.4 Å². The van der Waals surface area contributed by atoms with Gasteiger partial charge in [0.1, 0.15) is 11.4 Å². The van der Waals surface area contributed by atoms with Crippen LogP contribution in [0.2, 0.25) is 0 Å². The van der Waals surface area contributed by atoms with E-state index in [0.717, 1.165) is 0 Å². The predicted molar refractivity (Wildman–Crippen MR) is 112 cm³/mol. The molecule has 4 heterocycles. The van der Waals surface area contributed by atoms with E-state index in [2.05, 4.69) is 20.4 Å². The summed E-state index contributed by atoms with van der Waals surface area (Å²) in [5.41, 5.74) is 1.22. The van der Waals surface area contributed by atoms with E-state index in [1.807, 2.05) is 0 Å². The van der Waals surface area contributed by atoms with Crippen molar-refractivity contribution >= 4 is 23.1 Å². The Morgan fingerprint density at radius 2 is 1.91 bits per heavy atom. The Kier molecular flexibility index (Phi) is 4.76. The number of benzene rings is 1. The molecule has 5 rings (SSSR count). The Morgan fingerprint density at radius 3 is 2.69 bits per heavy atom. The number of hydrogen-bond acceptors (Lipinski definition) is 5. The number of nitrogens with zero attached hydrogens (tertiary/aromatic N) is 5. The van der Waals surface area contributed by atoms with Crippen LogP contribution < -0.4 is 10.2 Å². The van der Waals surface area contributed by atoms with Crippen molar-refractivity contribution in [2.45, 2.75) is 12.3 Å². The van der Waals surface area contributed by atoms with Crippen LogP contribution in [-0.4, -0.2) is 44.5 Å². The molecule has 0 saturated carbocycles. The summed E-state index contributed by atoms with van der Waals surface area (Å²) in [5.74, 6) is -3.79. The molecule has 1 fully saturated rings. The molecule has 0 aliphatic carbocycles. The number of hydrogen-bond donors (Lipinski definition) is 1. The number of anilines is 2. The zero-order valence-electron chi connectivity index (χ0n) is 16.7. The smallest absolute Gasteiger partial charge is 0.266 e. The first-order chi connectivity index (χ1) is 15.4. The van der Waals surface area contributed by atoms with E-state index in [1.54, 1.807) is 36.5 Å². The van der Waals surface area contributed by atoms with E-state index in [0.29, 0.717) is 11.2 Å². The fourth-order valence-corrected chi connectivity index (χ4v) is 3.80. The quantitative estimate of drug-likeness (QED) is 0.521. The maximum absolute atomic E-state index is 14.6. The van der Waals surface area contributed by atoms with Crippen molar-refractivity contribution in [1.29, 1.82) is 0 Å². The Bertz CT molecular complexity index is 1320. The van der Waals surface area contributed by atoms with Crippen molar-refractivity contribution in [2.75, 3.05) is 23.3 Å². The van der Waals surface area contributed by atoms with Crippen molar-refractivity contribution in [3.8, 4) is 11.1 Å². The van der Waals surface area contributed by atoms with Gasteiger partial charge in [-0.05, 0) is 18.2 Å². The molecule has 0 spiro atoms. The largest absolute Gasteiger partial charge is 0.349 e. The number of aromatic nitrogens is 4. The van der Waals surface area contributed by atoms with Crippen LogP contribution in [0.4, 0.5) is 24.7 Å². The van der Waals surface area contributed by atoms with Gasteiger partial charge in [-0.15, -0.1) is 0 Å². The van der Waals surface area contributed by atoms with Gasteiger partial charge in [0.25, 0.3) is 11.8 Å². The highest BCUT2D eigenvalue weighted by Crippen LogP contribution is 2.39. The van der Waals surface area contributed by atoms with Crippen LogP contribution in [0.1, 0.15) is 16.8 Å². The highest BCUT2D eigenvalue weighted by atomic mass is 19.3. The minimum absolute atomic E-state index is 0.0574. The molecule has 0 atom stereocenters. The van der Waals surface area contributed by atoms with Gasteiger partial charge in [0.15, 0.2) is 11.5 Å². The van der Waals surface area contributed by atoms with Crippen molar-refractivity contribution < 1.29 is 18.0 Å². The molecular weight excluding hydrogens is 421 g/mol. The van der Waals surface area contributed by atoms with Crippen molar-refractivity contribution in [3.63, 3.8) is 0 Å². The van der Waals surface area contributed by atoms with Crippen LogP contribution >= 0.6 is 0 Å². The first-order valence-electron chi connectivity index (χ1n) is 9.89. The minimum atomic E-state index is -2.87. The van der Waals surface area contributed by atoms with Crippen LogP contribution in [0.25, 0.3) is 16.8 Å². The zero-order chi connectivity index (χ0) is 22.3. The standard InChI is InChI=1S/C22H17F3N6O/c23-17-5-2-1-4-14(17)15-6-9-27-20(30-11-7-22(24,25)13-30)18(15)29-21(32)16-12-28-31-10-3-8-26-19(16)31/h1-6,8-10,12H,7,11,13H2,(H,29,32). The SMILES string of the molecule is O=C(Nc1c(-c2ccccc2F)ccnc1N1CCC(F)(F)C1)c1cnn2cccnc12. The van der Waals surface area contributed by atoms with Gasteiger partial charge < -0.3 is 10.2 Å². The Labute approximate surface area is 180 Å². The number of fused-ring (bicyclic) bond motifs is 1. The number of carbonyl (C=O) groups excluding carboxylic acids is 1.